The van der Waals surface area contributed by atoms with Crippen molar-refractivity contribution in [3.05, 3.63) is 29.8 Å². The molecule has 0 aromatic heterocycles. The average molecular weight is 375 g/mol. The fraction of sp³-hybridized carbons (Fsp3) is 0.625. The summed E-state index contributed by atoms with van der Waals surface area (Å²) in [6.45, 7) is 7.05. The molecule has 1 aliphatic heterocycles. The first-order valence-electron chi connectivity index (χ1n) is 8.10. The van der Waals surface area contributed by atoms with Gasteiger partial charge in [-0.2, -0.15) is 12.7 Å². The lowest BCUT2D eigenvalue weighted by Crippen LogP contribution is -2.40. The molecule has 0 atom stereocenters. The van der Waals surface area contributed by atoms with Crippen LogP contribution in [0.15, 0.2) is 29.2 Å². The molecule has 0 radical (unpaired) electrons. The summed E-state index contributed by atoms with van der Waals surface area (Å²) < 4.78 is 52.5. The molecule has 0 bridgehead atoms. The van der Waals surface area contributed by atoms with Gasteiger partial charge in [0.25, 0.3) is 10.2 Å². The molecule has 1 N–H and O–H groups in total. The Morgan fingerprint density at radius 2 is 1.54 bits per heavy atom. The van der Waals surface area contributed by atoms with E-state index in [1.54, 1.807) is 24.3 Å². The molecular formula is C16H26N2O4S2. The normalized spacial score (nSPS) is 17.3. The molecule has 8 heteroatoms. The molecule has 0 spiro atoms. The molecule has 136 valence electrons. The van der Waals surface area contributed by atoms with Crippen LogP contribution in [0.4, 0.5) is 0 Å². The van der Waals surface area contributed by atoms with Crippen LogP contribution in [-0.2, 0) is 25.5 Å². The van der Waals surface area contributed by atoms with Crippen molar-refractivity contribution in [2.24, 2.45) is 0 Å². The Balaban J connectivity index is 1.98. The van der Waals surface area contributed by atoms with E-state index in [-0.39, 0.29) is 22.6 Å². The van der Waals surface area contributed by atoms with Crippen LogP contribution in [0, 0.1) is 0 Å². The summed E-state index contributed by atoms with van der Waals surface area (Å²) in [4.78, 5) is 0.218. The molecule has 24 heavy (non-hydrogen) atoms. The van der Waals surface area contributed by atoms with Crippen LogP contribution in [-0.4, -0.2) is 46.5 Å². The van der Waals surface area contributed by atoms with Crippen molar-refractivity contribution in [1.82, 2.24) is 9.03 Å². The Kier molecular flexibility index (Phi) is 5.74. The van der Waals surface area contributed by atoms with E-state index >= 15 is 0 Å². The molecule has 1 fully saturated rings. The first kappa shape index (κ1) is 19.4. The van der Waals surface area contributed by atoms with Crippen molar-refractivity contribution in [3.63, 3.8) is 0 Å². The molecule has 1 aromatic carbocycles. The van der Waals surface area contributed by atoms with Crippen LogP contribution in [0.5, 0.6) is 0 Å². The van der Waals surface area contributed by atoms with Crippen molar-refractivity contribution in [3.8, 4) is 0 Å². The third-order valence-corrected chi connectivity index (χ3v) is 7.49. The summed E-state index contributed by atoms with van der Waals surface area (Å²) in [6, 6.07) is 6.79. The highest BCUT2D eigenvalue weighted by Crippen LogP contribution is 2.23. The van der Waals surface area contributed by atoms with Gasteiger partial charge in [-0.3, -0.25) is 0 Å². The number of sulfone groups is 1. The topological polar surface area (TPSA) is 83.5 Å². The monoisotopic (exact) mass is 374 g/mol. The lowest BCUT2D eigenvalue weighted by molar-refractivity contribution is 0.466. The first-order valence-corrected chi connectivity index (χ1v) is 11.2. The zero-order valence-electron chi connectivity index (χ0n) is 14.4. The van der Waals surface area contributed by atoms with Crippen LogP contribution in [0.1, 0.15) is 39.2 Å². The van der Waals surface area contributed by atoms with Gasteiger partial charge in [-0.1, -0.05) is 32.9 Å². The van der Waals surface area contributed by atoms with Crippen molar-refractivity contribution in [2.75, 3.05) is 25.4 Å². The van der Waals surface area contributed by atoms with Crippen LogP contribution < -0.4 is 4.72 Å². The van der Waals surface area contributed by atoms with Gasteiger partial charge < -0.3 is 0 Å². The van der Waals surface area contributed by atoms with Gasteiger partial charge in [-0.25, -0.2) is 13.1 Å². The van der Waals surface area contributed by atoms with E-state index in [9.17, 15) is 16.8 Å². The number of nitrogens with zero attached hydrogens (tertiary/aromatic N) is 1. The van der Waals surface area contributed by atoms with E-state index in [2.05, 4.69) is 25.5 Å². The summed E-state index contributed by atoms with van der Waals surface area (Å²) >= 11 is 0. The third kappa shape index (κ3) is 4.78. The number of nitrogens with one attached hydrogen (secondary N) is 1. The maximum Gasteiger partial charge on any atom is 0.279 e. The highest BCUT2D eigenvalue weighted by Gasteiger charge is 2.25. The molecule has 0 saturated carbocycles. The number of rotatable bonds is 6. The largest absolute Gasteiger partial charge is 0.279 e. The number of hydrogen-bond acceptors (Lipinski definition) is 4. The quantitative estimate of drug-likeness (QED) is 0.821. The van der Waals surface area contributed by atoms with Crippen LogP contribution in [0.25, 0.3) is 0 Å². The molecule has 1 aliphatic rings. The molecule has 1 saturated heterocycles. The Labute approximate surface area is 145 Å². The zero-order chi connectivity index (χ0) is 18.0. The molecule has 0 aliphatic carbocycles. The van der Waals surface area contributed by atoms with Gasteiger partial charge in [-0.15, -0.1) is 0 Å². The number of benzene rings is 1. The maximum absolute atomic E-state index is 12.4. The standard InChI is InChI=1S/C16H26N2O4S2/c1-16(2,3)14-6-8-15(9-7-14)23(19,20)13-10-17-24(21,22)18-11-4-5-12-18/h6-9,17H,4-5,10-13H2,1-3H3. The first-order chi connectivity index (χ1) is 11.0. The maximum atomic E-state index is 12.4. The minimum Gasteiger partial charge on any atom is -0.224 e. The SMILES string of the molecule is CC(C)(C)c1ccc(S(=O)(=O)CCNS(=O)(=O)N2CCCC2)cc1. The van der Waals surface area contributed by atoms with E-state index in [4.69, 9.17) is 0 Å². The fourth-order valence-electron chi connectivity index (χ4n) is 2.60. The van der Waals surface area contributed by atoms with Gasteiger partial charge in [0.1, 0.15) is 0 Å². The third-order valence-electron chi connectivity index (χ3n) is 4.14. The highest BCUT2D eigenvalue weighted by molar-refractivity contribution is 7.91. The Bertz CT molecular complexity index is 757. The summed E-state index contributed by atoms with van der Waals surface area (Å²) in [5, 5.41) is 0. The summed E-state index contributed by atoms with van der Waals surface area (Å²) in [6.07, 6.45) is 1.69. The minimum atomic E-state index is -3.57. The predicted octanol–water partition coefficient (Wildman–Crippen LogP) is 1.69. The van der Waals surface area contributed by atoms with E-state index in [0.717, 1.165) is 18.4 Å². The van der Waals surface area contributed by atoms with Crippen molar-refractivity contribution >= 4 is 20.0 Å². The van der Waals surface area contributed by atoms with E-state index in [0.29, 0.717) is 13.1 Å². The van der Waals surface area contributed by atoms with E-state index in [1.165, 1.54) is 4.31 Å². The molecule has 1 aromatic rings. The second-order valence-corrected chi connectivity index (χ2v) is 11.0. The lowest BCUT2D eigenvalue weighted by atomic mass is 9.87. The summed E-state index contributed by atoms with van der Waals surface area (Å²) in [7, 11) is -7.09. The molecular weight excluding hydrogens is 348 g/mol. The van der Waals surface area contributed by atoms with Gasteiger partial charge in [0.05, 0.1) is 10.6 Å². The zero-order valence-corrected chi connectivity index (χ0v) is 16.1. The average Bonchev–Trinajstić information content (AvgIpc) is 3.01. The highest BCUT2D eigenvalue weighted by atomic mass is 32.2. The molecule has 2 rings (SSSR count). The summed E-state index contributed by atoms with van der Waals surface area (Å²) in [5.41, 5.74) is 1.00. The molecule has 0 unspecified atom stereocenters. The second-order valence-electron chi connectivity index (χ2n) is 7.10. The van der Waals surface area contributed by atoms with E-state index in [1.807, 2.05) is 0 Å². The van der Waals surface area contributed by atoms with Gasteiger partial charge in [-0.05, 0) is 36.0 Å². The van der Waals surface area contributed by atoms with Crippen molar-refractivity contribution in [2.45, 2.75) is 43.9 Å². The number of hydrogen-bond donors (Lipinski definition) is 1. The summed E-state index contributed by atoms with van der Waals surface area (Å²) in [5.74, 6) is -0.255. The predicted molar refractivity (Wildman–Crippen MR) is 94.9 cm³/mol. The molecule has 6 nitrogen and oxygen atoms in total. The molecule has 0 amide bonds. The molecule has 1 heterocycles. The van der Waals surface area contributed by atoms with E-state index < -0.39 is 20.0 Å². The second kappa shape index (κ2) is 7.11. The van der Waals surface area contributed by atoms with Crippen molar-refractivity contribution < 1.29 is 16.8 Å². The Morgan fingerprint density at radius 1 is 1.00 bits per heavy atom. The van der Waals surface area contributed by atoms with Gasteiger partial charge in [0.15, 0.2) is 9.84 Å². The van der Waals surface area contributed by atoms with Crippen LogP contribution in [0.3, 0.4) is 0 Å². The Morgan fingerprint density at radius 3 is 2.04 bits per heavy atom. The fourth-order valence-corrected chi connectivity index (χ4v) is 5.17. The van der Waals surface area contributed by atoms with Crippen molar-refractivity contribution in [1.29, 1.82) is 0 Å². The smallest absolute Gasteiger partial charge is 0.224 e. The lowest BCUT2D eigenvalue weighted by Gasteiger charge is -2.19. The van der Waals surface area contributed by atoms with Gasteiger partial charge in [0, 0.05) is 19.6 Å². The minimum absolute atomic E-state index is 0.0480. The Hall–Kier alpha value is -0.960. The van der Waals surface area contributed by atoms with Crippen LogP contribution >= 0.6 is 0 Å². The van der Waals surface area contributed by atoms with Gasteiger partial charge in [0.2, 0.25) is 0 Å². The van der Waals surface area contributed by atoms with Crippen LogP contribution in [0.2, 0.25) is 0 Å². The van der Waals surface area contributed by atoms with Gasteiger partial charge >= 0.3 is 0 Å².